The Labute approximate surface area is 179 Å². The van der Waals surface area contributed by atoms with Gasteiger partial charge in [-0.05, 0) is 60.7 Å². The van der Waals surface area contributed by atoms with E-state index in [0.29, 0.717) is 11.6 Å². The van der Waals surface area contributed by atoms with E-state index in [2.05, 4.69) is 49.8 Å². The first-order valence-corrected chi connectivity index (χ1v) is 11.0. The monoisotopic (exact) mass is 414 g/mol. The summed E-state index contributed by atoms with van der Waals surface area (Å²) in [7, 11) is 0. The minimum absolute atomic E-state index is 0.415. The smallest absolute Gasteiger partial charge is 0.187 e. The Morgan fingerprint density at radius 3 is 3.10 bits per heavy atom. The molecular weight excluding hydrogens is 392 g/mol. The van der Waals surface area contributed by atoms with Gasteiger partial charge >= 0.3 is 0 Å². The minimum atomic E-state index is 0.415. The molecule has 0 saturated carbocycles. The van der Waals surface area contributed by atoms with Gasteiger partial charge in [-0.1, -0.05) is 6.07 Å². The molecule has 1 unspecified atom stereocenters. The number of benzene rings is 1. The number of piperidine rings is 1. The van der Waals surface area contributed by atoms with E-state index in [4.69, 9.17) is 10.2 Å². The van der Waals surface area contributed by atoms with Crippen LogP contribution in [0.2, 0.25) is 0 Å². The van der Waals surface area contributed by atoms with Gasteiger partial charge in [0, 0.05) is 36.1 Å². The maximum Gasteiger partial charge on any atom is 0.187 e. The summed E-state index contributed by atoms with van der Waals surface area (Å²) >= 11 is 1.62. The number of hydrogen-bond donors (Lipinski definition) is 2. The molecule has 0 amide bonds. The highest BCUT2D eigenvalue weighted by Gasteiger charge is 2.23. The van der Waals surface area contributed by atoms with E-state index in [1.807, 2.05) is 18.3 Å². The van der Waals surface area contributed by atoms with E-state index in [1.165, 1.54) is 29.3 Å². The van der Waals surface area contributed by atoms with Crippen molar-refractivity contribution in [3.8, 4) is 6.07 Å². The van der Waals surface area contributed by atoms with Crippen LogP contribution in [0.1, 0.15) is 35.7 Å². The first kappa shape index (κ1) is 18.8. The second-order valence-corrected chi connectivity index (χ2v) is 8.58. The molecule has 1 aliphatic rings. The predicted octanol–water partition coefficient (Wildman–Crippen LogP) is 5.01. The summed E-state index contributed by atoms with van der Waals surface area (Å²) in [5.41, 5.74) is 4.97. The lowest BCUT2D eigenvalue weighted by Gasteiger charge is -2.32. The van der Waals surface area contributed by atoms with Crippen molar-refractivity contribution in [1.29, 1.82) is 5.26 Å². The zero-order valence-electron chi connectivity index (χ0n) is 16.5. The van der Waals surface area contributed by atoms with Crippen molar-refractivity contribution in [3.63, 3.8) is 0 Å². The molecule has 0 bridgehead atoms. The van der Waals surface area contributed by atoms with Gasteiger partial charge in [0.05, 0.1) is 17.6 Å². The maximum absolute atomic E-state index is 8.87. The summed E-state index contributed by atoms with van der Waals surface area (Å²) in [6.07, 6.45) is 6.03. The molecule has 6 nitrogen and oxygen atoms in total. The second-order valence-electron chi connectivity index (χ2n) is 7.72. The number of nitrogens with one attached hydrogen (secondary N) is 2. The molecule has 1 atom stereocenters. The lowest BCUT2D eigenvalue weighted by atomic mass is 9.95. The number of fused-ring (bicyclic) bond motifs is 1. The molecule has 1 saturated heterocycles. The summed E-state index contributed by atoms with van der Waals surface area (Å²) in [5.74, 6) is 0.459. The van der Waals surface area contributed by atoms with Crippen LogP contribution in [0.15, 0.2) is 54.2 Å². The summed E-state index contributed by atoms with van der Waals surface area (Å²) in [6, 6.07) is 14.4. The third kappa shape index (κ3) is 4.06. The van der Waals surface area contributed by atoms with Gasteiger partial charge in [-0.25, -0.2) is 9.97 Å². The minimum Gasteiger partial charge on any atom is -0.361 e. The van der Waals surface area contributed by atoms with Crippen LogP contribution in [0.4, 0.5) is 10.8 Å². The van der Waals surface area contributed by atoms with Crippen molar-refractivity contribution >= 4 is 33.1 Å². The van der Waals surface area contributed by atoms with Crippen molar-refractivity contribution in [1.82, 2.24) is 19.9 Å². The van der Waals surface area contributed by atoms with Gasteiger partial charge in [-0.3, -0.25) is 4.90 Å². The van der Waals surface area contributed by atoms with E-state index in [-0.39, 0.29) is 0 Å². The molecule has 30 heavy (non-hydrogen) atoms. The average Bonchev–Trinajstić information content (AvgIpc) is 3.44. The standard InChI is InChI=1S/C23H22N6S/c24-11-19-4-5-20(12-26-19)27-23-28-22(15-30-23)18-2-1-9-29(14-18)13-16-3-6-21-17(10-16)7-8-25-21/h3-8,10,12,15,18,25H,1-2,9,13-14H2,(H,27,28). The number of aromatic amines is 1. The Kier molecular flexibility index (Phi) is 5.18. The first-order chi connectivity index (χ1) is 14.8. The van der Waals surface area contributed by atoms with Crippen molar-refractivity contribution in [3.05, 3.63) is 71.1 Å². The van der Waals surface area contributed by atoms with Crippen LogP contribution >= 0.6 is 11.3 Å². The van der Waals surface area contributed by atoms with E-state index < -0.39 is 0 Å². The van der Waals surface area contributed by atoms with E-state index in [9.17, 15) is 0 Å². The SMILES string of the molecule is N#Cc1ccc(Nc2nc(C3CCCN(Cc4ccc5[nH]ccc5c4)C3)cs2)cn1. The molecular formula is C23H22N6S. The lowest BCUT2D eigenvalue weighted by molar-refractivity contribution is 0.199. The molecule has 0 aliphatic carbocycles. The highest BCUT2D eigenvalue weighted by Crippen LogP contribution is 2.31. The zero-order chi connectivity index (χ0) is 20.3. The van der Waals surface area contributed by atoms with Gasteiger partial charge in [0.25, 0.3) is 0 Å². The second kappa shape index (κ2) is 8.27. The number of anilines is 2. The van der Waals surface area contributed by atoms with Crippen LogP contribution in [0, 0.1) is 11.3 Å². The summed E-state index contributed by atoms with van der Waals surface area (Å²) in [6.45, 7) is 3.14. The van der Waals surface area contributed by atoms with Gasteiger partial charge in [-0.2, -0.15) is 5.26 Å². The van der Waals surface area contributed by atoms with Crippen molar-refractivity contribution in [2.45, 2.75) is 25.3 Å². The zero-order valence-corrected chi connectivity index (χ0v) is 17.3. The number of H-pyrrole nitrogens is 1. The van der Waals surface area contributed by atoms with E-state index in [0.717, 1.165) is 36.1 Å². The largest absolute Gasteiger partial charge is 0.361 e. The molecule has 1 aliphatic heterocycles. The van der Waals surface area contributed by atoms with Crippen LogP contribution in [-0.4, -0.2) is 32.9 Å². The number of thiazole rings is 1. The van der Waals surface area contributed by atoms with Gasteiger partial charge in [-0.15, -0.1) is 11.3 Å². The molecule has 7 heteroatoms. The fraction of sp³-hybridized carbons (Fsp3) is 0.261. The highest BCUT2D eigenvalue weighted by molar-refractivity contribution is 7.13. The van der Waals surface area contributed by atoms with Crippen LogP contribution in [-0.2, 0) is 6.54 Å². The fourth-order valence-electron chi connectivity index (χ4n) is 4.09. The van der Waals surface area contributed by atoms with Crippen molar-refractivity contribution < 1.29 is 0 Å². The van der Waals surface area contributed by atoms with Crippen LogP contribution in [0.5, 0.6) is 0 Å². The number of pyridine rings is 1. The Balaban J connectivity index is 1.24. The molecule has 0 spiro atoms. The first-order valence-electron chi connectivity index (χ1n) is 10.1. The molecule has 1 fully saturated rings. The number of likely N-dealkylation sites (tertiary alicyclic amines) is 1. The highest BCUT2D eigenvalue weighted by atomic mass is 32.1. The molecule has 4 aromatic rings. The number of aromatic nitrogens is 3. The molecule has 1 aromatic carbocycles. The Morgan fingerprint density at radius 2 is 2.23 bits per heavy atom. The van der Waals surface area contributed by atoms with Crippen molar-refractivity contribution in [2.24, 2.45) is 0 Å². The van der Waals surface area contributed by atoms with Crippen LogP contribution < -0.4 is 5.32 Å². The maximum atomic E-state index is 8.87. The number of nitriles is 1. The number of nitrogens with zero attached hydrogens (tertiary/aromatic N) is 4. The lowest BCUT2D eigenvalue weighted by Crippen LogP contribution is -2.34. The summed E-state index contributed by atoms with van der Waals surface area (Å²) in [4.78, 5) is 14.7. The average molecular weight is 415 g/mol. The van der Waals surface area contributed by atoms with Gasteiger partial charge in [0.2, 0.25) is 0 Å². The molecule has 4 heterocycles. The van der Waals surface area contributed by atoms with Gasteiger partial charge < -0.3 is 10.3 Å². The molecule has 5 rings (SSSR count). The molecule has 2 N–H and O–H groups in total. The fourth-order valence-corrected chi connectivity index (χ4v) is 4.90. The Hall–Kier alpha value is -3.21. The van der Waals surface area contributed by atoms with E-state index in [1.54, 1.807) is 23.6 Å². The molecule has 3 aromatic heterocycles. The van der Waals surface area contributed by atoms with Crippen LogP contribution in [0.25, 0.3) is 10.9 Å². The normalized spacial score (nSPS) is 17.1. The summed E-state index contributed by atoms with van der Waals surface area (Å²) < 4.78 is 0. The third-order valence-electron chi connectivity index (χ3n) is 5.60. The topological polar surface area (TPSA) is 80.6 Å². The number of hydrogen-bond acceptors (Lipinski definition) is 6. The van der Waals surface area contributed by atoms with Gasteiger partial charge in [0.1, 0.15) is 11.8 Å². The third-order valence-corrected chi connectivity index (χ3v) is 6.37. The quantitative estimate of drug-likeness (QED) is 0.480. The van der Waals surface area contributed by atoms with Crippen LogP contribution in [0.3, 0.4) is 0 Å². The van der Waals surface area contributed by atoms with E-state index >= 15 is 0 Å². The Morgan fingerprint density at radius 1 is 1.27 bits per heavy atom. The molecule has 0 radical (unpaired) electrons. The van der Waals surface area contributed by atoms with Crippen molar-refractivity contribution in [2.75, 3.05) is 18.4 Å². The molecule has 150 valence electrons. The Bertz CT molecular complexity index is 1190. The summed E-state index contributed by atoms with van der Waals surface area (Å²) in [5, 5.41) is 16.5. The number of rotatable bonds is 5. The van der Waals surface area contributed by atoms with Gasteiger partial charge in [0.15, 0.2) is 5.13 Å². The predicted molar refractivity (Wildman–Crippen MR) is 120 cm³/mol.